The Morgan fingerprint density at radius 2 is 1.60 bits per heavy atom. The van der Waals surface area contributed by atoms with Crippen LogP contribution in [0.2, 0.25) is 0 Å². The maximum absolute atomic E-state index is 7.12. The SMILES string of the molecule is C=C1CC2C(CCc3ccc4c(oc5c4ccc4c(C)c(C)sc45)c3-c3cc(C(C)(C)C)c(C)c[n+]31)c1ccccc1-c1cccc[n+]12. The van der Waals surface area contributed by atoms with Crippen molar-refractivity contribution in [2.24, 2.45) is 0 Å². The van der Waals surface area contributed by atoms with Crippen molar-refractivity contribution < 1.29 is 13.6 Å². The van der Waals surface area contributed by atoms with E-state index in [0.29, 0.717) is 5.92 Å². The standard InChI is InChI=1S/C44H42N2OS/c1-25-24-46-26(2)22-38-33(31-12-8-9-13-32(31)37-14-10-11-21-45(37)38)17-15-29-16-18-34-35-20-19-30-27(3)28(4)48-43(30)42(35)47-41(34)40(29)39(46)23-36(25)44(5,6)7/h8-14,16,18-21,23-24,33,38H,2,15,17,22H2,1,3-7H3/q+2. The Kier molecular flexibility index (Phi) is 6.46. The fraction of sp³-hybridized carbons (Fsp3) is 0.273. The highest BCUT2D eigenvalue weighted by atomic mass is 32.1. The molecule has 0 spiro atoms. The number of rotatable bonds is 0. The number of pyridine rings is 2. The second kappa shape index (κ2) is 10.5. The molecule has 0 N–H and O–H groups in total. The van der Waals surface area contributed by atoms with Gasteiger partial charge in [0.2, 0.25) is 11.4 Å². The molecule has 0 aliphatic carbocycles. The van der Waals surface area contributed by atoms with Crippen LogP contribution in [0.1, 0.15) is 78.3 Å². The van der Waals surface area contributed by atoms with Gasteiger partial charge >= 0.3 is 0 Å². The van der Waals surface area contributed by atoms with Gasteiger partial charge in [0.05, 0.1) is 16.7 Å². The first kappa shape index (κ1) is 29.6. The van der Waals surface area contributed by atoms with E-state index in [1.54, 1.807) is 0 Å². The van der Waals surface area contributed by atoms with Gasteiger partial charge in [0, 0.05) is 50.9 Å². The number of hydrogen-bond donors (Lipinski definition) is 0. The minimum absolute atomic E-state index is 0.0105. The van der Waals surface area contributed by atoms with Crippen molar-refractivity contribution in [3.63, 3.8) is 0 Å². The van der Waals surface area contributed by atoms with Crippen molar-refractivity contribution in [3.05, 3.63) is 124 Å². The molecule has 2 unspecified atom stereocenters. The van der Waals surface area contributed by atoms with Gasteiger partial charge in [-0.15, -0.1) is 11.3 Å². The lowest BCUT2D eigenvalue weighted by atomic mass is 9.77. The summed E-state index contributed by atoms with van der Waals surface area (Å²) in [4.78, 5) is 1.35. The first-order valence-corrected chi connectivity index (χ1v) is 18.1. The Morgan fingerprint density at radius 3 is 2.44 bits per heavy atom. The molecule has 0 amide bonds. The Bertz CT molecular complexity index is 2490. The van der Waals surface area contributed by atoms with Crippen LogP contribution in [0.25, 0.3) is 60.2 Å². The summed E-state index contributed by atoms with van der Waals surface area (Å²) in [7, 11) is 0. The van der Waals surface area contributed by atoms with Crippen molar-refractivity contribution in [2.75, 3.05) is 0 Å². The van der Waals surface area contributed by atoms with Crippen molar-refractivity contribution in [2.45, 2.75) is 78.2 Å². The third-order valence-corrected chi connectivity index (χ3v) is 12.5. The van der Waals surface area contributed by atoms with Crippen molar-refractivity contribution in [3.8, 4) is 22.5 Å². The fourth-order valence-corrected chi connectivity index (χ4v) is 9.95. The molecule has 4 heteroatoms. The molecule has 3 aromatic carbocycles. The second-order valence-corrected chi connectivity index (χ2v) is 16.3. The number of aromatic nitrogens is 2. The van der Waals surface area contributed by atoms with Crippen LogP contribution in [-0.4, -0.2) is 0 Å². The van der Waals surface area contributed by atoms with E-state index >= 15 is 0 Å². The smallest absolute Gasteiger partial charge is 0.222 e. The molecule has 0 fully saturated rings. The molecule has 0 saturated heterocycles. The molecule has 0 radical (unpaired) electrons. The second-order valence-electron chi connectivity index (χ2n) is 15.1. The zero-order valence-electron chi connectivity index (χ0n) is 28.8. The van der Waals surface area contributed by atoms with Gasteiger partial charge in [-0.2, -0.15) is 9.13 Å². The van der Waals surface area contributed by atoms with Crippen LogP contribution in [0, 0.1) is 20.8 Å². The van der Waals surface area contributed by atoms with Gasteiger partial charge in [-0.25, -0.2) is 0 Å². The Balaban J connectivity index is 1.34. The number of thiophene rings is 1. The van der Waals surface area contributed by atoms with Crippen molar-refractivity contribution in [1.29, 1.82) is 0 Å². The van der Waals surface area contributed by atoms with Gasteiger partial charge in [0.25, 0.3) is 0 Å². The van der Waals surface area contributed by atoms with Gasteiger partial charge in [-0.05, 0) is 91.4 Å². The largest absolute Gasteiger partial charge is 0.454 e. The summed E-state index contributed by atoms with van der Waals surface area (Å²) in [6.45, 7) is 18.5. The predicted octanol–water partition coefficient (Wildman–Crippen LogP) is 11.1. The lowest BCUT2D eigenvalue weighted by Gasteiger charge is -2.31. The van der Waals surface area contributed by atoms with E-state index in [0.717, 1.165) is 36.1 Å². The third-order valence-electron chi connectivity index (χ3n) is 11.2. The molecule has 2 aliphatic rings. The molecule has 3 nitrogen and oxygen atoms in total. The average molecular weight is 647 g/mol. The van der Waals surface area contributed by atoms with E-state index in [1.807, 2.05) is 11.3 Å². The number of hydrogen-bond acceptors (Lipinski definition) is 2. The van der Waals surface area contributed by atoms with Gasteiger partial charge in [-0.1, -0.05) is 57.2 Å². The molecule has 6 heterocycles. The first-order valence-electron chi connectivity index (χ1n) is 17.3. The Hall–Kier alpha value is -4.54. The van der Waals surface area contributed by atoms with Crippen LogP contribution in [-0.2, 0) is 11.8 Å². The highest BCUT2D eigenvalue weighted by Crippen LogP contribution is 2.47. The molecule has 4 aromatic heterocycles. The molecule has 9 rings (SSSR count). The molecular weight excluding hydrogens is 605 g/mol. The molecule has 2 aliphatic heterocycles. The van der Waals surface area contributed by atoms with E-state index in [1.165, 1.54) is 76.1 Å². The van der Waals surface area contributed by atoms with Crippen LogP contribution in [0.5, 0.6) is 0 Å². The molecule has 48 heavy (non-hydrogen) atoms. The first-order chi connectivity index (χ1) is 23.1. The predicted molar refractivity (Wildman–Crippen MR) is 200 cm³/mol. The summed E-state index contributed by atoms with van der Waals surface area (Å²) < 4.78 is 13.3. The third kappa shape index (κ3) is 4.24. The number of aryl methyl sites for hydroxylation is 4. The van der Waals surface area contributed by atoms with Crippen molar-refractivity contribution >= 4 is 49.1 Å². The molecule has 0 bridgehead atoms. The maximum Gasteiger partial charge on any atom is 0.222 e. The van der Waals surface area contributed by atoms with E-state index < -0.39 is 0 Å². The number of allylic oxidation sites excluding steroid dienone is 1. The topological polar surface area (TPSA) is 20.9 Å². The van der Waals surface area contributed by atoms with Gasteiger partial charge < -0.3 is 4.42 Å². The van der Waals surface area contributed by atoms with Crippen LogP contribution < -0.4 is 9.13 Å². The van der Waals surface area contributed by atoms with E-state index in [4.69, 9.17) is 11.0 Å². The normalized spacial score (nSPS) is 17.6. The van der Waals surface area contributed by atoms with Gasteiger partial charge in [0.1, 0.15) is 5.58 Å². The maximum atomic E-state index is 7.12. The zero-order chi connectivity index (χ0) is 33.1. The van der Waals surface area contributed by atoms with E-state index in [9.17, 15) is 0 Å². The summed E-state index contributed by atoms with van der Waals surface area (Å²) in [6.07, 6.45) is 7.48. The number of furan rings is 1. The number of nitrogens with zero attached hydrogens (tertiary/aromatic N) is 2. The highest BCUT2D eigenvalue weighted by Gasteiger charge is 2.43. The highest BCUT2D eigenvalue weighted by molar-refractivity contribution is 7.20. The summed E-state index contributed by atoms with van der Waals surface area (Å²) in [5.41, 5.74) is 14.9. The Morgan fingerprint density at radius 1 is 0.854 bits per heavy atom. The fourth-order valence-electron chi connectivity index (χ4n) is 8.81. The Labute approximate surface area is 286 Å². The van der Waals surface area contributed by atoms with Gasteiger partial charge in [0.15, 0.2) is 29.7 Å². The van der Waals surface area contributed by atoms with Crippen LogP contribution in [0.15, 0.2) is 96.2 Å². The zero-order valence-corrected chi connectivity index (χ0v) is 29.6. The molecular formula is C44H42N2OS+2. The molecule has 2 atom stereocenters. The number of fused-ring (bicyclic) bond motifs is 15. The minimum Gasteiger partial charge on any atom is -0.454 e. The van der Waals surface area contributed by atoms with Crippen LogP contribution in [0.4, 0.5) is 0 Å². The van der Waals surface area contributed by atoms with E-state index in [-0.39, 0.29) is 11.5 Å². The quantitative estimate of drug-likeness (QED) is 0.150. The lowest BCUT2D eigenvalue weighted by Crippen LogP contribution is -2.49. The van der Waals surface area contributed by atoms with Crippen molar-refractivity contribution in [1.82, 2.24) is 0 Å². The minimum atomic E-state index is -0.0105. The average Bonchev–Trinajstić information content (AvgIpc) is 3.59. The summed E-state index contributed by atoms with van der Waals surface area (Å²) in [6, 6.07) is 27.7. The molecule has 7 aromatic rings. The van der Waals surface area contributed by atoms with Gasteiger partial charge in [-0.3, -0.25) is 0 Å². The lowest BCUT2D eigenvalue weighted by molar-refractivity contribution is -0.720. The van der Waals surface area contributed by atoms with Crippen LogP contribution in [0.3, 0.4) is 0 Å². The van der Waals surface area contributed by atoms with E-state index in [2.05, 4.69) is 136 Å². The summed E-state index contributed by atoms with van der Waals surface area (Å²) in [5, 5.41) is 3.68. The monoisotopic (exact) mass is 646 g/mol. The van der Waals surface area contributed by atoms with Crippen LogP contribution >= 0.6 is 11.3 Å². The number of benzene rings is 3. The molecule has 0 saturated carbocycles. The summed E-state index contributed by atoms with van der Waals surface area (Å²) in [5.74, 6) is 0.353. The summed E-state index contributed by atoms with van der Waals surface area (Å²) >= 11 is 1.85. The molecule has 238 valence electrons.